The molecule has 0 N–H and O–H groups in total. The van der Waals surface area contributed by atoms with Crippen molar-refractivity contribution in [2.75, 3.05) is 26.6 Å². The summed E-state index contributed by atoms with van der Waals surface area (Å²) in [6, 6.07) is 0. The van der Waals surface area contributed by atoms with Crippen LogP contribution in [0.1, 0.15) is 6.92 Å². The highest BCUT2D eigenvalue weighted by molar-refractivity contribution is 8.00. The van der Waals surface area contributed by atoms with Gasteiger partial charge in [0, 0.05) is 20.0 Å². The smallest absolute Gasteiger partial charge is 0.128 e. The highest BCUT2D eigenvalue weighted by atomic mass is 32.2. The van der Waals surface area contributed by atoms with Crippen molar-refractivity contribution in [2.24, 2.45) is 0 Å². The molecule has 13 heavy (non-hydrogen) atoms. The normalized spacial score (nSPS) is 48.7. The standard InChI is InChI=1S/C9H16O3S/c1-6-7-8(11-3)9(12-6,4-10-2)5-13-7/h6-8H,4-5H2,1-3H3. The van der Waals surface area contributed by atoms with Crippen molar-refractivity contribution in [3.05, 3.63) is 0 Å². The molecule has 2 aliphatic rings. The molecule has 4 unspecified atom stereocenters. The lowest BCUT2D eigenvalue weighted by molar-refractivity contribution is -0.107. The SMILES string of the molecule is COCC12CSC(C(C)O1)C2OC. The molecule has 2 aliphatic heterocycles. The van der Waals surface area contributed by atoms with E-state index in [1.54, 1.807) is 14.2 Å². The van der Waals surface area contributed by atoms with E-state index in [1.165, 1.54) is 0 Å². The molecule has 4 atom stereocenters. The summed E-state index contributed by atoms with van der Waals surface area (Å²) in [5.74, 6) is 0.994. The Balaban J connectivity index is 2.17. The molecule has 0 aromatic heterocycles. The van der Waals surface area contributed by atoms with E-state index in [2.05, 4.69) is 6.92 Å². The fourth-order valence-corrected chi connectivity index (χ4v) is 4.03. The molecule has 0 saturated carbocycles. The van der Waals surface area contributed by atoms with Gasteiger partial charge in [-0.05, 0) is 6.92 Å². The second-order valence-corrected chi connectivity index (χ2v) is 4.92. The molecule has 2 fully saturated rings. The highest BCUT2D eigenvalue weighted by Gasteiger charge is 2.59. The van der Waals surface area contributed by atoms with Gasteiger partial charge < -0.3 is 14.2 Å². The highest BCUT2D eigenvalue weighted by Crippen LogP contribution is 2.48. The Morgan fingerprint density at radius 1 is 1.54 bits per heavy atom. The van der Waals surface area contributed by atoms with E-state index >= 15 is 0 Å². The molecule has 2 bridgehead atoms. The fourth-order valence-electron chi connectivity index (χ4n) is 2.38. The maximum Gasteiger partial charge on any atom is 0.128 e. The number of fused-ring (bicyclic) bond motifs is 2. The van der Waals surface area contributed by atoms with E-state index in [-0.39, 0.29) is 11.7 Å². The molecular formula is C9H16O3S. The van der Waals surface area contributed by atoms with Gasteiger partial charge in [0.15, 0.2) is 0 Å². The summed E-state index contributed by atoms with van der Waals surface area (Å²) in [4.78, 5) is 0. The van der Waals surface area contributed by atoms with E-state index in [9.17, 15) is 0 Å². The molecule has 0 radical (unpaired) electrons. The molecule has 2 heterocycles. The van der Waals surface area contributed by atoms with Crippen LogP contribution in [0.3, 0.4) is 0 Å². The minimum absolute atomic E-state index is 0.182. The van der Waals surface area contributed by atoms with Crippen LogP contribution in [0.15, 0.2) is 0 Å². The zero-order valence-corrected chi connectivity index (χ0v) is 9.10. The van der Waals surface area contributed by atoms with Crippen molar-refractivity contribution in [1.29, 1.82) is 0 Å². The Kier molecular flexibility index (Phi) is 2.57. The number of hydrogen-bond acceptors (Lipinski definition) is 4. The average molecular weight is 204 g/mol. The molecule has 3 nitrogen and oxygen atoms in total. The fraction of sp³-hybridized carbons (Fsp3) is 1.00. The zero-order chi connectivity index (χ0) is 9.47. The van der Waals surface area contributed by atoms with Gasteiger partial charge in [-0.25, -0.2) is 0 Å². The molecule has 0 aromatic rings. The summed E-state index contributed by atoms with van der Waals surface area (Å²) < 4.78 is 16.6. The number of ether oxygens (including phenoxy) is 3. The molecule has 0 aromatic carbocycles. The second-order valence-electron chi connectivity index (χ2n) is 3.75. The Hall–Kier alpha value is 0.230. The van der Waals surface area contributed by atoms with E-state index in [1.807, 2.05) is 11.8 Å². The first-order valence-corrected chi connectivity index (χ1v) is 5.59. The van der Waals surface area contributed by atoms with Gasteiger partial charge in [0.25, 0.3) is 0 Å². The van der Waals surface area contributed by atoms with Gasteiger partial charge in [-0.1, -0.05) is 0 Å². The second kappa shape index (κ2) is 3.42. The summed E-state index contributed by atoms with van der Waals surface area (Å²) >= 11 is 1.94. The zero-order valence-electron chi connectivity index (χ0n) is 8.28. The third-order valence-electron chi connectivity index (χ3n) is 2.86. The van der Waals surface area contributed by atoms with Crippen LogP contribution >= 0.6 is 11.8 Å². The Morgan fingerprint density at radius 2 is 2.31 bits per heavy atom. The Morgan fingerprint density at radius 3 is 2.85 bits per heavy atom. The predicted molar refractivity (Wildman–Crippen MR) is 52.2 cm³/mol. The predicted octanol–water partition coefficient (Wildman–Crippen LogP) is 0.921. The van der Waals surface area contributed by atoms with E-state index in [0.717, 1.165) is 5.75 Å². The van der Waals surface area contributed by atoms with Gasteiger partial charge >= 0.3 is 0 Å². The van der Waals surface area contributed by atoms with Gasteiger partial charge in [-0.3, -0.25) is 0 Å². The van der Waals surface area contributed by atoms with Crippen molar-refractivity contribution >= 4 is 11.8 Å². The van der Waals surface area contributed by atoms with Crippen LogP contribution in [0.5, 0.6) is 0 Å². The van der Waals surface area contributed by atoms with Crippen LogP contribution in [0.4, 0.5) is 0 Å². The maximum atomic E-state index is 5.92. The van der Waals surface area contributed by atoms with Crippen molar-refractivity contribution < 1.29 is 14.2 Å². The van der Waals surface area contributed by atoms with Crippen LogP contribution < -0.4 is 0 Å². The molecule has 0 amide bonds. The first kappa shape index (κ1) is 9.77. The summed E-state index contributed by atoms with van der Waals surface area (Å²) in [6.07, 6.45) is 0.492. The summed E-state index contributed by atoms with van der Waals surface area (Å²) in [5, 5.41) is 0.486. The summed E-state index contributed by atoms with van der Waals surface area (Å²) in [6.45, 7) is 2.75. The molecule has 4 heteroatoms. The summed E-state index contributed by atoms with van der Waals surface area (Å²) in [7, 11) is 3.47. The van der Waals surface area contributed by atoms with Crippen LogP contribution in [0, 0.1) is 0 Å². The quantitative estimate of drug-likeness (QED) is 0.683. The first-order chi connectivity index (χ1) is 6.23. The minimum Gasteiger partial charge on any atom is -0.382 e. The van der Waals surface area contributed by atoms with Gasteiger partial charge in [0.1, 0.15) is 11.7 Å². The molecule has 2 saturated heterocycles. The lowest BCUT2D eigenvalue weighted by Crippen LogP contribution is -2.45. The molecule has 0 spiro atoms. The maximum absolute atomic E-state index is 5.92. The lowest BCUT2D eigenvalue weighted by Gasteiger charge is -2.29. The van der Waals surface area contributed by atoms with Crippen molar-refractivity contribution in [1.82, 2.24) is 0 Å². The van der Waals surface area contributed by atoms with Crippen molar-refractivity contribution in [3.63, 3.8) is 0 Å². The minimum atomic E-state index is -0.182. The molecule has 0 aliphatic carbocycles. The monoisotopic (exact) mass is 204 g/mol. The van der Waals surface area contributed by atoms with E-state index in [4.69, 9.17) is 14.2 Å². The van der Waals surface area contributed by atoms with Gasteiger partial charge in [-0.15, -0.1) is 11.8 Å². The van der Waals surface area contributed by atoms with Crippen LogP contribution in [-0.2, 0) is 14.2 Å². The summed E-state index contributed by atoms with van der Waals surface area (Å²) in [5.41, 5.74) is -0.182. The molecule has 76 valence electrons. The third kappa shape index (κ3) is 1.31. The Labute approximate surface area is 83.1 Å². The molecule has 2 rings (SSSR count). The van der Waals surface area contributed by atoms with Gasteiger partial charge in [0.05, 0.1) is 18.0 Å². The van der Waals surface area contributed by atoms with Gasteiger partial charge in [-0.2, -0.15) is 0 Å². The van der Waals surface area contributed by atoms with Crippen LogP contribution in [0.2, 0.25) is 0 Å². The van der Waals surface area contributed by atoms with Gasteiger partial charge in [0.2, 0.25) is 0 Å². The lowest BCUT2D eigenvalue weighted by atomic mass is 10.00. The topological polar surface area (TPSA) is 27.7 Å². The number of methoxy groups -OCH3 is 2. The number of hydrogen-bond donors (Lipinski definition) is 0. The van der Waals surface area contributed by atoms with Crippen LogP contribution in [-0.4, -0.2) is 49.6 Å². The molecular weight excluding hydrogens is 188 g/mol. The number of thioether (sulfide) groups is 1. The largest absolute Gasteiger partial charge is 0.382 e. The average Bonchev–Trinajstić information content (AvgIpc) is 2.55. The Bertz CT molecular complexity index is 199. The third-order valence-corrected chi connectivity index (χ3v) is 4.53. The number of rotatable bonds is 3. The van der Waals surface area contributed by atoms with Crippen molar-refractivity contribution in [2.45, 2.75) is 30.0 Å². The van der Waals surface area contributed by atoms with Crippen molar-refractivity contribution in [3.8, 4) is 0 Å². The first-order valence-electron chi connectivity index (χ1n) is 4.54. The van der Waals surface area contributed by atoms with Crippen LogP contribution in [0.25, 0.3) is 0 Å². The van der Waals surface area contributed by atoms with E-state index < -0.39 is 0 Å². The van der Waals surface area contributed by atoms with E-state index in [0.29, 0.717) is 18.0 Å².